The summed E-state index contributed by atoms with van der Waals surface area (Å²) in [5, 5.41) is 12.2. The van der Waals surface area contributed by atoms with E-state index in [1.807, 2.05) is 61.4 Å². The molecule has 114 valence electrons. The van der Waals surface area contributed by atoms with Crippen molar-refractivity contribution in [2.75, 3.05) is 20.2 Å². The van der Waals surface area contributed by atoms with Crippen LogP contribution >= 0.6 is 0 Å². The summed E-state index contributed by atoms with van der Waals surface area (Å²) >= 11 is 0. The molecule has 2 N–H and O–H groups in total. The van der Waals surface area contributed by atoms with Gasteiger partial charge in [0.2, 0.25) is 5.91 Å². The maximum Gasteiger partial charge on any atom is 0.242 e. The lowest BCUT2D eigenvalue weighted by atomic mass is 10.0. The predicted molar refractivity (Wildman–Crippen MR) is 83.8 cm³/mol. The fourth-order valence-electron chi connectivity index (χ4n) is 2.70. The Morgan fingerprint density at radius 2 is 2.10 bits per heavy atom. The Kier molecular flexibility index (Phi) is 5.53. The average molecular weight is 288 g/mol. The number of aliphatic hydroxyl groups excluding tert-OH is 1. The summed E-state index contributed by atoms with van der Waals surface area (Å²) in [5.74, 6) is 0.174. The number of nitrogens with one attached hydrogen (secondary N) is 1. The molecule has 1 aliphatic rings. The molecule has 1 unspecified atom stereocenters. The summed E-state index contributed by atoms with van der Waals surface area (Å²) in [7, 11) is 1.96. The standard InChI is InChI=1S/C17H24N2O2/c1-3-19(2)16(14-7-5-4-6-8-14)17(21)18-15-10-9-13(11-15)12-20/h4-10,13,15-16,20H,3,11-12H2,1-2H3,(H,18,21)/t13-,15+,16?/m0/s1. The summed E-state index contributed by atoms with van der Waals surface area (Å²) in [6.45, 7) is 2.98. The minimum atomic E-state index is -0.280. The number of benzene rings is 1. The molecule has 2 rings (SSSR count). The first-order valence-electron chi connectivity index (χ1n) is 7.50. The molecule has 1 aromatic rings. The maximum absolute atomic E-state index is 12.6. The Hall–Kier alpha value is -1.65. The molecule has 4 nitrogen and oxygen atoms in total. The van der Waals surface area contributed by atoms with E-state index in [0.717, 1.165) is 18.5 Å². The summed E-state index contributed by atoms with van der Waals surface area (Å²) in [6.07, 6.45) is 4.73. The summed E-state index contributed by atoms with van der Waals surface area (Å²) in [6, 6.07) is 9.57. The Bertz CT molecular complexity index is 487. The van der Waals surface area contributed by atoms with Crippen molar-refractivity contribution in [3.05, 3.63) is 48.0 Å². The molecule has 1 aliphatic carbocycles. The van der Waals surface area contributed by atoms with Crippen LogP contribution in [0.25, 0.3) is 0 Å². The highest BCUT2D eigenvalue weighted by atomic mass is 16.3. The van der Waals surface area contributed by atoms with Crippen molar-refractivity contribution >= 4 is 5.91 Å². The number of rotatable bonds is 6. The number of aliphatic hydroxyl groups is 1. The van der Waals surface area contributed by atoms with Crippen molar-refractivity contribution in [2.45, 2.75) is 25.4 Å². The van der Waals surface area contributed by atoms with E-state index in [1.165, 1.54) is 0 Å². The fourth-order valence-corrected chi connectivity index (χ4v) is 2.70. The largest absolute Gasteiger partial charge is 0.396 e. The van der Waals surface area contributed by atoms with Crippen molar-refractivity contribution in [3.8, 4) is 0 Å². The van der Waals surface area contributed by atoms with E-state index in [0.29, 0.717) is 0 Å². The van der Waals surface area contributed by atoms with Crippen molar-refractivity contribution in [1.82, 2.24) is 10.2 Å². The molecule has 0 fully saturated rings. The molecular formula is C17H24N2O2. The number of likely N-dealkylation sites (N-methyl/N-ethyl adjacent to an activating group) is 1. The van der Waals surface area contributed by atoms with E-state index in [2.05, 4.69) is 5.32 Å². The molecule has 0 aromatic heterocycles. The van der Waals surface area contributed by atoms with Gasteiger partial charge in [-0.2, -0.15) is 0 Å². The van der Waals surface area contributed by atoms with Gasteiger partial charge in [-0.15, -0.1) is 0 Å². The van der Waals surface area contributed by atoms with Gasteiger partial charge in [-0.1, -0.05) is 49.4 Å². The van der Waals surface area contributed by atoms with Crippen LogP contribution in [0, 0.1) is 5.92 Å². The highest BCUT2D eigenvalue weighted by molar-refractivity contribution is 5.83. The third-order valence-electron chi connectivity index (χ3n) is 4.04. The smallest absolute Gasteiger partial charge is 0.242 e. The van der Waals surface area contributed by atoms with E-state index in [9.17, 15) is 4.79 Å². The van der Waals surface area contributed by atoms with Gasteiger partial charge in [-0.3, -0.25) is 9.69 Å². The molecule has 0 bridgehead atoms. The maximum atomic E-state index is 12.6. The minimum Gasteiger partial charge on any atom is -0.396 e. The van der Waals surface area contributed by atoms with Gasteiger partial charge < -0.3 is 10.4 Å². The molecule has 4 heteroatoms. The highest BCUT2D eigenvalue weighted by Gasteiger charge is 2.27. The van der Waals surface area contributed by atoms with E-state index < -0.39 is 0 Å². The molecule has 21 heavy (non-hydrogen) atoms. The van der Waals surface area contributed by atoms with E-state index in [1.54, 1.807) is 0 Å². The van der Waals surface area contributed by atoms with Crippen molar-refractivity contribution in [1.29, 1.82) is 0 Å². The Morgan fingerprint density at radius 3 is 2.67 bits per heavy atom. The lowest BCUT2D eigenvalue weighted by Crippen LogP contribution is -2.42. The van der Waals surface area contributed by atoms with Crippen LogP contribution in [0.15, 0.2) is 42.5 Å². The third-order valence-corrected chi connectivity index (χ3v) is 4.04. The molecule has 0 radical (unpaired) electrons. The zero-order valence-corrected chi connectivity index (χ0v) is 12.7. The zero-order chi connectivity index (χ0) is 15.2. The molecule has 3 atom stereocenters. The number of hydrogen-bond acceptors (Lipinski definition) is 3. The van der Waals surface area contributed by atoms with Gasteiger partial charge in [0.05, 0.1) is 0 Å². The minimum absolute atomic E-state index is 0.0128. The third kappa shape index (κ3) is 3.93. The molecule has 0 spiro atoms. The van der Waals surface area contributed by atoms with Crippen LogP contribution in [0.5, 0.6) is 0 Å². The first-order chi connectivity index (χ1) is 10.2. The van der Waals surface area contributed by atoms with Crippen molar-refractivity contribution in [3.63, 3.8) is 0 Å². The molecule has 0 aliphatic heterocycles. The monoisotopic (exact) mass is 288 g/mol. The number of carbonyl (C=O) groups is 1. The first-order valence-corrected chi connectivity index (χ1v) is 7.50. The normalized spacial score (nSPS) is 22.5. The summed E-state index contributed by atoms with van der Waals surface area (Å²) in [5.41, 5.74) is 1.00. The quantitative estimate of drug-likeness (QED) is 0.784. The molecule has 0 heterocycles. The topological polar surface area (TPSA) is 52.6 Å². The lowest BCUT2D eigenvalue weighted by Gasteiger charge is -2.27. The van der Waals surface area contributed by atoms with Crippen LogP contribution < -0.4 is 5.32 Å². The number of amides is 1. The molecule has 0 saturated carbocycles. The van der Waals surface area contributed by atoms with Crippen molar-refractivity contribution < 1.29 is 9.90 Å². The highest BCUT2D eigenvalue weighted by Crippen LogP contribution is 2.22. The van der Waals surface area contributed by atoms with Crippen LogP contribution in [0.2, 0.25) is 0 Å². The molecule has 1 amide bonds. The first kappa shape index (κ1) is 15.7. The zero-order valence-electron chi connectivity index (χ0n) is 12.7. The van der Waals surface area contributed by atoms with Gasteiger partial charge in [0.15, 0.2) is 0 Å². The van der Waals surface area contributed by atoms with Gasteiger partial charge >= 0.3 is 0 Å². The Labute approximate surface area is 126 Å². The second kappa shape index (κ2) is 7.38. The number of hydrogen-bond donors (Lipinski definition) is 2. The summed E-state index contributed by atoms with van der Waals surface area (Å²) in [4.78, 5) is 14.7. The predicted octanol–water partition coefficient (Wildman–Crippen LogP) is 1.73. The van der Waals surface area contributed by atoms with Gasteiger partial charge in [-0.25, -0.2) is 0 Å². The number of carbonyl (C=O) groups excluding carboxylic acids is 1. The van der Waals surface area contributed by atoms with Gasteiger partial charge in [0.25, 0.3) is 0 Å². The SMILES string of the molecule is CCN(C)C(C(=O)N[C@@H]1C=C[C@H](CO)C1)c1ccccc1. The molecule has 0 saturated heterocycles. The van der Waals surface area contributed by atoms with Gasteiger partial charge in [0, 0.05) is 18.6 Å². The van der Waals surface area contributed by atoms with E-state index >= 15 is 0 Å². The van der Waals surface area contributed by atoms with Crippen LogP contribution in [0.4, 0.5) is 0 Å². The fraction of sp³-hybridized carbons (Fsp3) is 0.471. The second-order valence-electron chi connectivity index (χ2n) is 5.56. The van der Waals surface area contributed by atoms with E-state index in [-0.39, 0.29) is 30.5 Å². The molecular weight excluding hydrogens is 264 g/mol. The van der Waals surface area contributed by atoms with E-state index in [4.69, 9.17) is 5.11 Å². The van der Waals surface area contributed by atoms with Crippen LogP contribution in [-0.2, 0) is 4.79 Å². The Morgan fingerprint density at radius 1 is 1.38 bits per heavy atom. The van der Waals surface area contributed by atoms with Crippen LogP contribution in [0.3, 0.4) is 0 Å². The molecule has 1 aromatic carbocycles. The van der Waals surface area contributed by atoms with Gasteiger partial charge in [0.1, 0.15) is 6.04 Å². The van der Waals surface area contributed by atoms with Crippen LogP contribution in [-0.4, -0.2) is 42.2 Å². The Balaban J connectivity index is 2.07. The second-order valence-corrected chi connectivity index (χ2v) is 5.56. The van der Waals surface area contributed by atoms with Gasteiger partial charge in [-0.05, 0) is 25.6 Å². The summed E-state index contributed by atoms with van der Waals surface area (Å²) < 4.78 is 0. The number of nitrogens with zero attached hydrogens (tertiary/aromatic N) is 1. The van der Waals surface area contributed by atoms with Crippen LogP contribution in [0.1, 0.15) is 24.9 Å². The lowest BCUT2D eigenvalue weighted by molar-refractivity contribution is -0.126. The average Bonchev–Trinajstić information content (AvgIpc) is 2.96. The van der Waals surface area contributed by atoms with Crippen molar-refractivity contribution in [2.24, 2.45) is 5.92 Å².